The van der Waals surface area contributed by atoms with Gasteiger partial charge in [0.2, 0.25) is 0 Å². The third-order valence-corrected chi connectivity index (χ3v) is 3.39. The maximum Gasteiger partial charge on any atom is 0.185 e. The smallest absolute Gasteiger partial charge is 0.185 e. The molecule has 0 amide bonds. The number of rotatable bonds is 4. The fourth-order valence-electron chi connectivity index (χ4n) is 1.57. The van der Waals surface area contributed by atoms with Gasteiger partial charge in [-0.2, -0.15) is 0 Å². The molecule has 2 heterocycles. The Morgan fingerprint density at radius 1 is 1.50 bits per heavy atom. The van der Waals surface area contributed by atoms with Crippen LogP contribution in [0.5, 0.6) is 0 Å². The van der Waals surface area contributed by atoms with Gasteiger partial charge in [0.15, 0.2) is 10.8 Å². The highest BCUT2D eigenvalue weighted by molar-refractivity contribution is 8.13. The Labute approximate surface area is 108 Å². The summed E-state index contributed by atoms with van der Waals surface area (Å²) in [6.45, 7) is 1.42. The first-order valence-electron chi connectivity index (χ1n) is 5.36. The van der Waals surface area contributed by atoms with Crippen molar-refractivity contribution in [3.05, 3.63) is 30.5 Å². The Kier molecular flexibility index (Phi) is 3.95. The van der Waals surface area contributed by atoms with Crippen LogP contribution in [0.25, 0.3) is 5.65 Å². The number of aromatic nitrogens is 3. The van der Waals surface area contributed by atoms with Crippen molar-refractivity contribution >= 4 is 22.5 Å². The lowest BCUT2D eigenvalue weighted by atomic mass is 10.2. The first kappa shape index (κ1) is 13.0. The molecular formula is C11H13N3O3S. The Bertz CT molecular complexity index is 557. The molecule has 96 valence electrons. The van der Waals surface area contributed by atoms with Gasteiger partial charge < -0.3 is 10.2 Å². The highest BCUT2D eigenvalue weighted by Crippen LogP contribution is 2.20. The van der Waals surface area contributed by atoms with Gasteiger partial charge in [-0.05, 0) is 0 Å². The average molecular weight is 267 g/mol. The van der Waals surface area contributed by atoms with Crippen molar-refractivity contribution in [2.45, 2.75) is 19.1 Å². The Morgan fingerprint density at radius 2 is 2.28 bits per heavy atom. The van der Waals surface area contributed by atoms with Crippen molar-refractivity contribution in [1.82, 2.24) is 14.4 Å². The summed E-state index contributed by atoms with van der Waals surface area (Å²) in [5.41, 5.74) is 1.07. The number of nitrogens with zero attached hydrogens (tertiary/aromatic N) is 3. The number of carbonyl (C=O) groups is 1. The molecule has 0 aliphatic carbocycles. The third kappa shape index (κ3) is 2.69. The SMILES string of the molecule is CC(=O)SCC(O)C(O)c1cnc2cnccn12. The first-order chi connectivity index (χ1) is 8.59. The van der Waals surface area contributed by atoms with E-state index < -0.39 is 12.2 Å². The van der Waals surface area contributed by atoms with Crippen LogP contribution in [-0.2, 0) is 4.79 Å². The molecule has 2 atom stereocenters. The zero-order chi connectivity index (χ0) is 13.1. The van der Waals surface area contributed by atoms with E-state index in [0.717, 1.165) is 11.8 Å². The van der Waals surface area contributed by atoms with E-state index in [1.165, 1.54) is 13.1 Å². The summed E-state index contributed by atoms with van der Waals surface area (Å²) in [6.07, 6.45) is 4.17. The molecule has 0 radical (unpaired) electrons. The maximum absolute atomic E-state index is 10.8. The number of thioether (sulfide) groups is 1. The number of fused-ring (bicyclic) bond motifs is 1. The van der Waals surface area contributed by atoms with Crippen LogP contribution >= 0.6 is 11.8 Å². The van der Waals surface area contributed by atoms with E-state index in [-0.39, 0.29) is 10.9 Å². The van der Waals surface area contributed by atoms with E-state index in [0.29, 0.717) is 11.3 Å². The number of imidazole rings is 1. The normalized spacial score (nSPS) is 14.6. The second-order valence-corrected chi connectivity index (χ2v) is 5.00. The lowest BCUT2D eigenvalue weighted by molar-refractivity contribution is -0.109. The van der Waals surface area contributed by atoms with Gasteiger partial charge in [-0.1, -0.05) is 11.8 Å². The van der Waals surface area contributed by atoms with Gasteiger partial charge in [0, 0.05) is 25.1 Å². The molecule has 0 saturated carbocycles. The summed E-state index contributed by atoms with van der Waals surface area (Å²) >= 11 is 0.979. The van der Waals surface area contributed by atoms with Crippen LogP contribution in [0.4, 0.5) is 0 Å². The molecule has 0 aliphatic rings. The molecule has 0 fully saturated rings. The van der Waals surface area contributed by atoms with E-state index in [1.54, 1.807) is 23.0 Å². The Balaban J connectivity index is 2.17. The molecule has 0 aromatic carbocycles. The van der Waals surface area contributed by atoms with Gasteiger partial charge in [-0.15, -0.1) is 0 Å². The van der Waals surface area contributed by atoms with Crippen LogP contribution < -0.4 is 0 Å². The zero-order valence-corrected chi connectivity index (χ0v) is 10.5. The van der Waals surface area contributed by atoms with Gasteiger partial charge >= 0.3 is 0 Å². The fraction of sp³-hybridized carbons (Fsp3) is 0.364. The fourth-order valence-corrected chi connectivity index (χ4v) is 2.16. The lowest BCUT2D eigenvalue weighted by Gasteiger charge is -2.16. The largest absolute Gasteiger partial charge is 0.389 e. The van der Waals surface area contributed by atoms with E-state index in [2.05, 4.69) is 9.97 Å². The summed E-state index contributed by atoms with van der Waals surface area (Å²) in [5, 5.41) is 19.8. The van der Waals surface area contributed by atoms with Crippen LogP contribution in [0.1, 0.15) is 18.7 Å². The lowest BCUT2D eigenvalue weighted by Crippen LogP contribution is -2.22. The monoisotopic (exact) mass is 267 g/mol. The molecule has 2 aromatic heterocycles. The molecule has 0 spiro atoms. The van der Waals surface area contributed by atoms with Gasteiger partial charge in [0.1, 0.15) is 6.10 Å². The number of aliphatic hydroxyl groups is 2. The van der Waals surface area contributed by atoms with Crippen LogP contribution in [0.2, 0.25) is 0 Å². The first-order valence-corrected chi connectivity index (χ1v) is 6.34. The predicted octanol–water partition coefficient (Wildman–Crippen LogP) is 0.403. The van der Waals surface area contributed by atoms with Crippen LogP contribution in [0, 0.1) is 0 Å². The van der Waals surface area contributed by atoms with Crippen LogP contribution in [0.15, 0.2) is 24.8 Å². The number of carbonyl (C=O) groups excluding carboxylic acids is 1. The van der Waals surface area contributed by atoms with E-state index in [1.807, 2.05) is 0 Å². The number of hydrogen-bond donors (Lipinski definition) is 2. The van der Waals surface area contributed by atoms with E-state index >= 15 is 0 Å². The number of aliphatic hydroxyl groups excluding tert-OH is 2. The highest BCUT2D eigenvalue weighted by Gasteiger charge is 2.22. The predicted molar refractivity (Wildman–Crippen MR) is 67.1 cm³/mol. The molecule has 0 bridgehead atoms. The topological polar surface area (TPSA) is 87.7 Å². The Hall–Kier alpha value is -1.44. The van der Waals surface area contributed by atoms with Crippen molar-refractivity contribution in [1.29, 1.82) is 0 Å². The van der Waals surface area contributed by atoms with Crippen molar-refractivity contribution in [2.75, 3.05) is 5.75 Å². The van der Waals surface area contributed by atoms with Gasteiger partial charge in [-0.25, -0.2) is 4.98 Å². The van der Waals surface area contributed by atoms with Gasteiger partial charge in [0.25, 0.3) is 0 Å². The third-order valence-electron chi connectivity index (χ3n) is 2.47. The molecule has 2 aromatic rings. The minimum atomic E-state index is -1.09. The molecule has 18 heavy (non-hydrogen) atoms. The molecule has 2 unspecified atom stereocenters. The standard InChI is InChI=1S/C11H13N3O3S/c1-7(15)18-6-9(16)11(17)8-4-13-10-5-12-2-3-14(8)10/h2-5,9,11,16-17H,6H2,1H3. The van der Waals surface area contributed by atoms with Crippen molar-refractivity contribution in [2.24, 2.45) is 0 Å². The van der Waals surface area contributed by atoms with E-state index in [9.17, 15) is 15.0 Å². The summed E-state index contributed by atoms with van der Waals surface area (Å²) in [4.78, 5) is 18.8. The summed E-state index contributed by atoms with van der Waals surface area (Å²) < 4.78 is 1.65. The summed E-state index contributed by atoms with van der Waals surface area (Å²) in [7, 11) is 0. The molecular weight excluding hydrogens is 254 g/mol. The van der Waals surface area contributed by atoms with E-state index in [4.69, 9.17) is 0 Å². The minimum Gasteiger partial charge on any atom is -0.389 e. The quantitative estimate of drug-likeness (QED) is 0.834. The summed E-state index contributed by atoms with van der Waals surface area (Å²) in [6, 6.07) is 0. The van der Waals surface area contributed by atoms with Crippen molar-refractivity contribution < 1.29 is 15.0 Å². The molecule has 2 rings (SSSR count). The highest BCUT2D eigenvalue weighted by atomic mass is 32.2. The van der Waals surface area contributed by atoms with Crippen molar-refractivity contribution in [3.63, 3.8) is 0 Å². The second kappa shape index (κ2) is 5.47. The average Bonchev–Trinajstić information content (AvgIpc) is 2.78. The van der Waals surface area contributed by atoms with Crippen molar-refractivity contribution in [3.8, 4) is 0 Å². The van der Waals surface area contributed by atoms with Gasteiger partial charge in [-0.3, -0.25) is 14.2 Å². The van der Waals surface area contributed by atoms with Crippen LogP contribution in [0.3, 0.4) is 0 Å². The van der Waals surface area contributed by atoms with Gasteiger partial charge in [0.05, 0.1) is 24.2 Å². The molecule has 2 N–H and O–H groups in total. The molecule has 0 aliphatic heterocycles. The maximum atomic E-state index is 10.8. The zero-order valence-electron chi connectivity index (χ0n) is 9.72. The molecule has 0 saturated heterocycles. The molecule has 7 heteroatoms. The number of hydrogen-bond acceptors (Lipinski definition) is 6. The summed E-state index contributed by atoms with van der Waals surface area (Å²) in [5.74, 6) is 0.148. The van der Waals surface area contributed by atoms with Crippen LogP contribution in [-0.4, -0.2) is 41.6 Å². The second-order valence-electron chi connectivity index (χ2n) is 3.80. The minimum absolute atomic E-state index is 0.0939. The Morgan fingerprint density at radius 3 is 3.00 bits per heavy atom. The molecule has 6 nitrogen and oxygen atoms in total.